The molecule has 0 radical (unpaired) electrons. The van der Waals surface area contributed by atoms with Crippen LogP contribution >= 0.6 is 0 Å². The van der Waals surface area contributed by atoms with Crippen LogP contribution in [0.5, 0.6) is 0 Å². The van der Waals surface area contributed by atoms with Gasteiger partial charge in [0.1, 0.15) is 11.5 Å². The van der Waals surface area contributed by atoms with Gasteiger partial charge in [-0.3, -0.25) is 4.40 Å². The molecule has 0 aliphatic heterocycles. The Kier molecular flexibility index (Phi) is 3.55. The molecule has 1 N–H and O–H groups in total. The first-order valence-electron chi connectivity index (χ1n) is 7.25. The van der Waals surface area contributed by atoms with Crippen molar-refractivity contribution in [3.63, 3.8) is 0 Å². The van der Waals surface area contributed by atoms with E-state index in [4.69, 9.17) is 0 Å². The largest absolute Gasteiger partial charge is 0.434 e. The standard InChI is InChI=1S/C15H18F3N3/c1-10-5-7-11(8-6-10)19-13-3-2-4-14-20-12(9-21(13)14)15(16,17)18/h2-4,9-11,19H,5-8H2,1H3. The third kappa shape index (κ3) is 2.99. The number of aromatic nitrogens is 2. The van der Waals surface area contributed by atoms with E-state index in [1.807, 2.05) is 0 Å². The highest BCUT2D eigenvalue weighted by Gasteiger charge is 2.34. The maximum atomic E-state index is 12.8. The minimum atomic E-state index is -4.41. The van der Waals surface area contributed by atoms with Crippen molar-refractivity contribution in [2.45, 2.75) is 44.8 Å². The number of hydrogen-bond acceptors (Lipinski definition) is 2. The summed E-state index contributed by atoms with van der Waals surface area (Å²) >= 11 is 0. The number of imidazole rings is 1. The Morgan fingerprint density at radius 1 is 1.19 bits per heavy atom. The van der Waals surface area contributed by atoms with Gasteiger partial charge in [-0.25, -0.2) is 4.98 Å². The summed E-state index contributed by atoms with van der Waals surface area (Å²) in [6.07, 6.45) is 1.07. The summed E-state index contributed by atoms with van der Waals surface area (Å²) in [5, 5.41) is 3.36. The Hall–Kier alpha value is -1.72. The molecule has 3 rings (SSSR count). The highest BCUT2D eigenvalue weighted by atomic mass is 19.4. The summed E-state index contributed by atoms with van der Waals surface area (Å²) in [6, 6.07) is 5.44. The van der Waals surface area contributed by atoms with Gasteiger partial charge in [0.05, 0.1) is 0 Å². The molecule has 1 saturated carbocycles. The van der Waals surface area contributed by atoms with Gasteiger partial charge in [-0.2, -0.15) is 13.2 Å². The van der Waals surface area contributed by atoms with Crippen molar-refractivity contribution in [1.29, 1.82) is 0 Å². The second-order valence-electron chi connectivity index (χ2n) is 5.86. The average Bonchev–Trinajstić information content (AvgIpc) is 2.86. The number of alkyl halides is 3. The summed E-state index contributed by atoms with van der Waals surface area (Å²) in [5.74, 6) is 1.42. The van der Waals surface area contributed by atoms with Crippen molar-refractivity contribution >= 4 is 11.5 Å². The summed E-state index contributed by atoms with van der Waals surface area (Å²) in [7, 11) is 0. The second kappa shape index (κ2) is 5.24. The Balaban J connectivity index is 1.86. The highest BCUT2D eigenvalue weighted by Crippen LogP contribution is 2.30. The van der Waals surface area contributed by atoms with Gasteiger partial charge in [-0.1, -0.05) is 13.0 Å². The van der Waals surface area contributed by atoms with Crippen LogP contribution in [-0.4, -0.2) is 15.4 Å². The molecule has 1 fully saturated rings. The van der Waals surface area contributed by atoms with Gasteiger partial charge in [-0.15, -0.1) is 0 Å². The lowest BCUT2D eigenvalue weighted by atomic mass is 9.87. The molecule has 0 bridgehead atoms. The number of anilines is 1. The molecule has 0 aromatic carbocycles. The molecule has 21 heavy (non-hydrogen) atoms. The molecule has 6 heteroatoms. The molecule has 1 aliphatic rings. The van der Waals surface area contributed by atoms with E-state index in [0.717, 1.165) is 37.8 Å². The van der Waals surface area contributed by atoms with Crippen molar-refractivity contribution in [3.05, 3.63) is 30.1 Å². The maximum absolute atomic E-state index is 12.8. The lowest BCUT2D eigenvalue weighted by Crippen LogP contribution is -2.26. The zero-order valence-electron chi connectivity index (χ0n) is 11.8. The van der Waals surface area contributed by atoms with Crippen LogP contribution in [0.1, 0.15) is 38.3 Å². The third-order valence-electron chi connectivity index (χ3n) is 4.15. The minimum absolute atomic E-state index is 0.316. The fraction of sp³-hybridized carbons (Fsp3) is 0.533. The Labute approximate surface area is 121 Å². The lowest BCUT2D eigenvalue weighted by Gasteiger charge is -2.27. The van der Waals surface area contributed by atoms with Crippen LogP contribution in [0.15, 0.2) is 24.4 Å². The Morgan fingerprint density at radius 2 is 1.90 bits per heavy atom. The van der Waals surface area contributed by atoms with Gasteiger partial charge < -0.3 is 5.32 Å². The first kappa shape index (κ1) is 14.2. The molecule has 2 heterocycles. The molecule has 1 aliphatic carbocycles. The summed E-state index contributed by atoms with van der Waals surface area (Å²) in [6.45, 7) is 2.24. The highest BCUT2D eigenvalue weighted by molar-refractivity contribution is 5.51. The average molecular weight is 297 g/mol. The van der Waals surface area contributed by atoms with Crippen LogP contribution in [0.4, 0.5) is 19.0 Å². The van der Waals surface area contributed by atoms with E-state index in [9.17, 15) is 13.2 Å². The molecule has 0 atom stereocenters. The number of pyridine rings is 1. The fourth-order valence-electron chi connectivity index (χ4n) is 2.88. The monoisotopic (exact) mass is 297 g/mol. The van der Waals surface area contributed by atoms with E-state index in [2.05, 4.69) is 17.2 Å². The van der Waals surface area contributed by atoms with E-state index < -0.39 is 11.9 Å². The fourth-order valence-corrected chi connectivity index (χ4v) is 2.88. The molecule has 0 saturated heterocycles. The molecule has 3 nitrogen and oxygen atoms in total. The molecule has 2 aromatic rings. The quantitative estimate of drug-likeness (QED) is 0.893. The summed E-state index contributed by atoms with van der Waals surface area (Å²) in [4.78, 5) is 3.65. The van der Waals surface area contributed by atoms with Gasteiger partial charge in [0.25, 0.3) is 0 Å². The zero-order valence-corrected chi connectivity index (χ0v) is 11.8. The third-order valence-corrected chi connectivity index (χ3v) is 4.15. The van der Waals surface area contributed by atoms with Crippen LogP contribution in [0, 0.1) is 5.92 Å². The summed E-state index contributed by atoms with van der Waals surface area (Å²) < 4.78 is 39.8. The van der Waals surface area contributed by atoms with Crippen molar-refractivity contribution in [1.82, 2.24) is 9.38 Å². The zero-order chi connectivity index (χ0) is 15.0. The van der Waals surface area contributed by atoms with Gasteiger partial charge in [0.15, 0.2) is 5.69 Å². The van der Waals surface area contributed by atoms with Crippen molar-refractivity contribution in [2.75, 3.05) is 5.32 Å². The van der Waals surface area contributed by atoms with Crippen molar-refractivity contribution < 1.29 is 13.2 Å². The Morgan fingerprint density at radius 3 is 2.57 bits per heavy atom. The van der Waals surface area contributed by atoms with Crippen molar-refractivity contribution in [2.24, 2.45) is 5.92 Å². The lowest BCUT2D eigenvalue weighted by molar-refractivity contribution is -0.140. The van der Waals surface area contributed by atoms with Crippen molar-refractivity contribution in [3.8, 4) is 0 Å². The SMILES string of the molecule is CC1CCC(Nc2cccc3nc(C(F)(F)F)cn23)CC1. The number of fused-ring (bicyclic) bond motifs is 1. The smallest absolute Gasteiger partial charge is 0.368 e. The normalized spacial score (nSPS) is 23.4. The van der Waals surface area contributed by atoms with E-state index in [0.29, 0.717) is 17.5 Å². The number of nitrogens with zero attached hydrogens (tertiary/aromatic N) is 2. The molecule has 0 unspecified atom stereocenters. The van der Waals surface area contributed by atoms with Crippen LogP contribution in [-0.2, 0) is 6.18 Å². The van der Waals surface area contributed by atoms with Gasteiger partial charge in [0, 0.05) is 12.2 Å². The molecule has 0 amide bonds. The number of hydrogen-bond donors (Lipinski definition) is 1. The predicted molar refractivity (Wildman–Crippen MR) is 75.2 cm³/mol. The van der Waals surface area contributed by atoms with Crippen LogP contribution in [0.25, 0.3) is 5.65 Å². The van der Waals surface area contributed by atoms with Crippen LogP contribution in [0.2, 0.25) is 0 Å². The van der Waals surface area contributed by atoms with Gasteiger partial charge in [-0.05, 0) is 43.7 Å². The van der Waals surface area contributed by atoms with Gasteiger partial charge >= 0.3 is 6.18 Å². The van der Waals surface area contributed by atoms with E-state index >= 15 is 0 Å². The van der Waals surface area contributed by atoms with Crippen LogP contribution in [0.3, 0.4) is 0 Å². The summed E-state index contributed by atoms with van der Waals surface area (Å²) in [5.41, 5.74) is -0.537. The molecular formula is C15H18F3N3. The predicted octanol–water partition coefficient (Wildman–Crippen LogP) is 4.34. The molecule has 0 spiro atoms. The molecular weight excluding hydrogens is 279 g/mol. The first-order valence-corrected chi connectivity index (χ1v) is 7.25. The van der Waals surface area contributed by atoms with Gasteiger partial charge in [0.2, 0.25) is 0 Å². The maximum Gasteiger partial charge on any atom is 0.434 e. The molecule has 114 valence electrons. The first-order chi connectivity index (χ1) is 9.93. The topological polar surface area (TPSA) is 29.3 Å². The Bertz CT molecular complexity index is 625. The number of rotatable bonds is 2. The van der Waals surface area contributed by atoms with E-state index in [1.54, 1.807) is 18.2 Å². The minimum Gasteiger partial charge on any atom is -0.368 e. The van der Waals surface area contributed by atoms with Crippen LogP contribution < -0.4 is 5.32 Å². The number of halogens is 3. The van der Waals surface area contributed by atoms with E-state index in [1.165, 1.54) is 4.40 Å². The second-order valence-corrected chi connectivity index (χ2v) is 5.86. The molecule has 2 aromatic heterocycles. The van der Waals surface area contributed by atoms with E-state index in [-0.39, 0.29) is 0 Å². The number of nitrogens with one attached hydrogen (secondary N) is 1.